The molecule has 0 aromatic carbocycles. The van der Waals surface area contributed by atoms with Crippen molar-refractivity contribution in [1.29, 1.82) is 0 Å². The van der Waals surface area contributed by atoms with Crippen molar-refractivity contribution in [2.75, 3.05) is 0 Å². The van der Waals surface area contributed by atoms with Gasteiger partial charge in [-0.1, -0.05) is 0 Å². The molecule has 0 fully saturated rings. The average molecular weight is 334 g/mol. The van der Waals surface area contributed by atoms with E-state index in [0.29, 0.717) is 12.5 Å². The molecular weight excluding hydrogens is 330 g/mol. The van der Waals surface area contributed by atoms with E-state index in [-0.39, 0.29) is 10.2 Å². The molecular formula is C10H4F6O2S2. The Morgan fingerprint density at radius 3 is 1.30 bits per heavy atom. The Hall–Kier alpha value is -1.16. The van der Waals surface area contributed by atoms with Crippen LogP contribution in [0, 0.1) is 0 Å². The summed E-state index contributed by atoms with van der Waals surface area (Å²) in [6.45, 7) is 0. The van der Waals surface area contributed by atoms with Crippen LogP contribution >= 0.6 is 21.6 Å². The van der Waals surface area contributed by atoms with Crippen molar-refractivity contribution in [3.63, 3.8) is 0 Å². The summed E-state index contributed by atoms with van der Waals surface area (Å²) in [5.74, 6) is 0. The van der Waals surface area contributed by atoms with Crippen molar-refractivity contribution in [1.82, 2.24) is 0 Å². The highest BCUT2D eigenvalue weighted by atomic mass is 33.1. The lowest BCUT2D eigenvalue weighted by Crippen LogP contribution is -2.01. The molecule has 0 unspecified atom stereocenters. The number of alkyl halides is 6. The summed E-state index contributed by atoms with van der Waals surface area (Å²) >= 11 is 0. The molecule has 0 atom stereocenters. The lowest BCUT2D eigenvalue weighted by Gasteiger charge is -1.99. The van der Waals surface area contributed by atoms with Crippen LogP contribution in [0.3, 0.4) is 0 Å². The first kappa shape index (κ1) is 15.2. The summed E-state index contributed by atoms with van der Waals surface area (Å²) in [5.41, 5.74) is -1.92. The molecule has 0 saturated carbocycles. The Labute approximate surface area is 115 Å². The Balaban J connectivity index is 1.99. The van der Waals surface area contributed by atoms with Crippen LogP contribution in [0.1, 0.15) is 11.1 Å². The van der Waals surface area contributed by atoms with Crippen LogP contribution in [-0.2, 0) is 12.4 Å². The largest absolute Gasteiger partial charge is 0.457 e. The number of hydrogen-bond donors (Lipinski definition) is 0. The lowest BCUT2D eigenvalue weighted by atomic mass is 10.3. The SMILES string of the molecule is FC(F)(F)c1coc(SSc2cc(C(F)(F)F)co2)c1. The normalized spacial score (nSPS) is 12.9. The predicted octanol–water partition coefficient (Wildman–Crippen LogP) is 5.71. The van der Waals surface area contributed by atoms with E-state index in [1.54, 1.807) is 0 Å². The Morgan fingerprint density at radius 2 is 1.05 bits per heavy atom. The van der Waals surface area contributed by atoms with Gasteiger partial charge in [0.25, 0.3) is 0 Å². The van der Waals surface area contributed by atoms with E-state index in [0.717, 1.165) is 33.7 Å². The number of halogens is 6. The van der Waals surface area contributed by atoms with Crippen molar-refractivity contribution in [2.24, 2.45) is 0 Å². The standard InChI is InChI=1S/C10H4F6O2S2/c11-9(12,13)5-1-7(17-3-5)19-20-8-2-6(4-18-8)10(14,15)16/h1-4H. The van der Waals surface area contributed by atoms with Gasteiger partial charge in [0, 0.05) is 12.1 Å². The fraction of sp³-hybridized carbons (Fsp3) is 0.200. The average Bonchev–Trinajstić information content (AvgIpc) is 2.94. The van der Waals surface area contributed by atoms with Crippen molar-refractivity contribution < 1.29 is 35.2 Å². The Bertz CT molecular complexity index is 531. The first-order valence-corrected chi connectivity index (χ1v) is 6.97. The van der Waals surface area contributed by atoms with Gasteiger partial charge in [0.05, 0.1) is 11.1 Å². The minimum Gasteiger partial charge on any atom is -0.457 e. The molecule has 2 heterocycles. The quantitative estimate of drug-likeness (QED) is 0.530. The van der Waals surface area contributed by atoms with Gasteiger partial charge in [0.2, 0.25) is 0 Å². The maximum absolute atomic E-state index is 12.3. The third-order valence-corrected chi connectivity index (χ3v) is 4.09. The van der Waals surface area contributed by atoms with E-state index >= 15 is 0 Å². The molecule has 10 heteroatoms. The molecule has 0 spiro atoms. The molecule has 0 aliphatic rings. The van der Waals surface area contributed by atoms with E-state index in [4.69, 9.17) is 0 Å². The van der Waals surface area contributed by atoms with Crippen molar-refractivity contribution >= 4 is 21.6 Å². The first-order chi connectivity index (χ1) is 9.16. The minimum atomic E-state index is -4.53. The van der Waals surface area contributed by atoms with Crippen LogP contribution in [0.4, 0.5) is 26.3 Å². The molecule has 110 valence electrons. The third-order valence-electron chi connectivity index (χ3n) is 2.01. The van der Waals surface area contributed by atoms with Crippen LogP contribution in [0.2, 0.25) is 0 Å². The van der Waals surface area contributed by atoms with Crippen LogP contribution in [0.15, 0.2) is 43.7 Å². The molecule has 0 amide bonds. The monoisotopic (exact) mass is 334 g/mol. The predicted molar refractivity (Wildman–Crippen MR) is 59.1 cm³/mol. The molecule has 2 aromatic rings. The van der Waals surface area contributed by atoms with Crippen molar-refractivity contribution in [2.45, 2.75) is 22.5 Å². The topological polar surface area (TPSA) is 26.3 Å². The fourth-order valence-electron chi connectivity index (χ4n) is 1.10. The molecule has 2 nitrogen and oxygen atoms in total. The second-order valence-electron chi connectivity index (χ2n) is 3.47. The molecule has 0 saturated heterocycles. The summed E-state index contributed by atoms with van der Waals surface area (Å²) in [6.07, 6.45) is -7.99. The molecule has 0 aliphatic carbocycles. The lowest BCUT2D eigenvalue weighted by molar-refractivity contribution is -0.138. The van der Waals surface area contributed by atoms with E-state index in [2.05, 4.69) is 8.83 Å². The second kappa shape index (κ2) is 5.32. The maximum Gasteiger partial charge on any atom is 0.419 e. The maximum atomic E-state index is 12.3. The van der Waals surface area contributed by atoms with Gasteiger partial charge in [-0.15, -0.1) is 0 Å². The summed E-state index contributed by atoms with van der Waals surface area (Å²) in [7, 11) is 1.45. The highest BCUT2D eigenvalue weighted by Gasteiger charge is 2.34. The van der Waals surface area contributed by atoms with Gasteiger partial charge in [-0.05, 0) is 21.6 Å². The fourth-order valence-corrected chi connectivity index (χ4v) is 2.81. The Morgan fingerprint density at radius 1 is 0.700 bits per heavy atom. The zero-order valence-electron chi connectivity index (χ0n) is 9.21. The van der Waals surface area contributed by atoms with Crippen LogP contribution in [-0.4, -0.2) is 0 Å². The van der Waals surface area contributed by atoms with Crippen LogP contribution in [0.5, 0.6) is 0 Å². The van der Waals surface area contributed by atoms with Crippen molar-refractivity contribution in [3.05, 3.63) is 35.8 Å². The van der Waals surface area contributed by atoms with Gasteiger partial charge in [0.1, 0.15) is 12.5 Å². The highest BCUT2D eigenvalue weighted by molar-refractivity contribution is 8.76. The van der Waals surface area contributed by atoms with Gasteiger partial charge in [-0.3, -0.25) is 0 Å². The first-order valence-electron chi connectivity index (χ1n) is 4.82. The van der Waals surface area contributed by atoms with Gasteiger partial charge >= 0.3 is 12.4 Å². The second-order valence-corrected chi connectivity index (χ2v) is 5.61. The number of hydrogen-bond acceptors (Lipinski definition) is 4. The molecule has 0 radical (unpaired) electrons. The zero-order valence-corrected chi connectivity index (χ0v) is 10.8. The highest BCUT2D eigenvalue weighted by Crippen LogP contribution is 2.42. The molecule has 20 heavy (non-hydrogen) atoms. The van der Waals surface area contributed by atoms with Crippen molar-refractivity contribution in [3.8, 4) is 0 Å². The molecule has 0 aliphatic heterocycles. The molecule has 0 N–H and O–H groups in total. The van der Waals surface area contributed by atoms with E-state index in [1.807, 2.05) is 0 Å². The number of furan rings is 2. The summed E-state index contributed by atoms with van der Waals surface area (Å²) in [5, 5.41) is -0.181. The molecule has 2 rings (SSSR count). The third kappa shape index (κ3) is 3.69. The smallest absolute Gasteiger partial charge is 0.419 e. The molecule has 0 bridgehead atoms. The van der Waals surface area contributed by atoms with Crippen LogP contribution in [0.25, 0.3) is 0 Å². The van der Waals surface area contributed by atoms with Gasteiger partial charge in [-0.25, -0.2) is 0 Å². The van der Waals surface area contributed by atoms with E-state index < -0.39 is 23.5 Å². The van der Waals surface area contributed by atoms with Crippen LogP contribution < -0.4 is 0 Å². The molecule has 2 aromatic heterocycles. The minimum absolute atomic E-state index is 0.0905. The van der Waals surface area contributed by atoms with Gasteiger partial charge in [-0.2, -0.15) is 26.3 Å². The summed E-state index contributed by atoms with van der Waals surface area (Å²) in [6, 6.07) is 1.51. The van der Waals surface area contributed by atoms with E-state index in [1.165, 1.54) is 0 Å². The number of rotatable bonds is 3. The Kier molecular flexibility index (Phi) is 4.05. The van der Waals surface area contributed by atoms with Gasteiger partial charge < -0.3 is 8.83 Å². The van der Waals surface area contributed by atoms with Gasteiger partial charge in [0.15, 0.2) is 10.2 Å². The summed E-state index contributed by atoms with van der Waals surface area (Å²) < 4.78 is 83.0. The van der Waals surface area contributed by atoms with E-state index in [9.17, 15) is 26.3 Å². The summed E-state index contributed by atoms with van der Waals surface area (Å²) in [4.78, 5) is 0. The zero-order chi connectivity index (χ0) is 15.0.